The van der Waals surface area contributed by atoms with Gasteiger partial charge in [0.25, 0.3) is 0 Å². The molecule has 0 aliphatic carbocycles. The molecule has 2 N–H and O–H groups in total. The van der Waals surface area contributed by atoms with Gasteiger partial charge < -0.3 is 14.8 Å². The molecule has 0 unspecified atom stereocenters. The van der Waals surface area contributed by atoms with Crippen molar-refractivity contribution in [1.82, 2.24) is 9.38 Å². The molecule has 0 bridgehead atoms. The van der Waals surface area contributed by atoms with Crippen LogP contribution in [0.2, 0.25) is 0 Å². The van der Waals surface area contributed by atoms with Crippen LogP contribution >= 0.6 is 0 Å². The lowest BCUT2D eigenvalue weighted by Crippen LogP contribution is -2.10. The number of benzene rings is 1. The molecule has 126 valence electrons. The van der Waals surface area contributed by atoms with Gasteiger partial charge in [-0.15, -0.1) is 0 Å². The normalized spacial score (nSPS) is 11.8. The van der Waals surface area contributed by atoms with E-state index in [9.17, 15) is 8.42 Å². The molecule has 3 rings (SSSR count). The summed E-state index contributed by atoms with van der Waals surface area (Å²) in [7, 11) is -3.43. The topological polar surface area (TPSA) is 83.7 Å². The van der Waals surface area contributed by atoms with Crippen LogP contribution in [0.5, 0.6) is 0 Å². The minimum atomic E-state index is -3.43. The number of aromatic nitrogens is 2. The minimum absolute atomic E-state index is 0.229. The molecular formula is C17H19N3O3S. The van der Waals surface area contributed by atoms with Gasteiger partial charge in [0.05, 0.1) is 29.5 Å². The highest BCUT2D eigenvalue weighted by atomic mass is 32.2. The summed E-state index contributed by atoms with van der Waals surface area (Å²) in [4.78, 5) is 4.74. The zero-order valence-electron chi connectivity index (χ0n) is 13.3. The van der Waals surface area contributed by atoms with E-state index in [1.807, 2.05) is 41.9 Å². The van der Waals surface area contributed by atoms with E-state index in [2.05, 4.69) is 10.3 Å². The van der Waals surface area contributed by atoms with E-state index >= 15 is 0 Å². The SMILES string of the molecule is Cc1cc(S(=O)(=O)CCO)ccc1NCc1cn2ccccc2n1. The molecule has 1 aromatic carbocycles. The van der Waals surface area contributed by atoms with Crippen LogP contribution in [0, 0.1) is 6.92 Å². The quantitative estimate of drug-likeness (QED) is 0.714. The van der Waals surface area contributed by atoms with Crippen LogP contribution < -0.4 is 5.32 Å². The van der Waals surface area contributed by atoms with Gasteiger partial charge in [-0.05, 0) is 42.8 Å². The maximum atomic E-state index is 12.0. The number of hydrogen-bond donors (Lipinski definition) is 2. The van der Waals surface area contributed by atoms with E-state index in [1.165, 1.54) is 0 Å². The molecule has 2 heterocycles. The van der Waals surface area contributed by atoms with E-state index in [1.54, 1.807) is 18.2 Å². The number of sulfone groups is 1. The molecule has 3 aromatic rings. The van der Waals surface area contributed by atoms with Gasteiger partial charge in [-0.2, -0.15) is 0 Å². The Morgan fingerprint density at radius 3 is 2.79 bits per heavy atom. The van der Waals surface area contributed by atoms with Gasteiger partial charge in [0.15, 0.2) is 9.84 Å². The molecule has 0 saturated carbocycles. The van der Waals surface area contributed by atoms with Gasteiger partial charge in [-0.3, -0.25) is 0 Å². The van der Waals surface area contributed by atoms with Crippen LogP contribution in [0.4, 0.5) is 5.69 Å². The summed E-state index contributed by atoms with van der Waals surface area (Å²) < 4.78 is 25.9. The number of rotatable bonds is 6. The lowest BCUT2D eigenvalue weighted by atomic mass is 10.2. The molecule has 0 spiro atoms. The van der Waals surface area contributed by atoms with Crippen LogP contribution in [-0.2, 0) is 16.4 Å². The van der Waals surface area contributed by atoms with E-state index in [4.69, 9.17) is 5.11 Å². The summed E-state index contributed by atoms with van der Waals surface area (Å²) in [5.74, 6) is -0.263. The lowest BCUT2D eigenvalue weighted by Gasteiger charge is -2.10. The molecule has 6 nitrogen and oxygen atoms in total. The second-order valence-corrected chi connectivity index (χ2v) is 7.68. The molecule has 7 heteroatoms. The van der Waals surface area contributed by atoms with E-state index in [0.717, 1.165) is 22.6 Å². The molecular weight excluding hydrogens is 326 g/mol. The summed E-state index contributed by atoms with van der Waals surface area (Å²) >= 11 is 0. The van der Waals surface area contributed by atoms with E-state index in [-0.39, 0.29) is 17.3 Å². The largest absolute Gasteiger partial charge is 0.395 e. The molecule has 2 aromatic heterocycles. The Morgan fingerprint density at radius 2 is 2.08 bits per heavy atom. The van der Waals surface area contributed by atoms with Gasteiger partial charge in [0.2, 0.25) is 0 Å². The van der Waals surface area contributed by atoms with Crippen molar-refractivity contribution in [2.24, 2.45) is 0 Å². The highest BCUT2D eigenvalue weighted by Crippen LogP contribution is 2.21. The third kappa shape index (κ3) is 3.42. The van der Waals surface area contributed by atoms with Crippen molar-refractivity contribution in [3.05, 3.63) is 60.0 Å². The fourth-order valence-corrected chi connectivity index (χ4v) is 3.63. The predicted molar refractivity (Wildman–Crippen MR) is 92.8 cm³/mol. The van der Waals surface area contributed by atoms with Crippen molar-refractivity contribution in [3.63, 3.8) is 0 Å². The van der Waals surface area contributed by atoms with Crippen molar-refractivity contribution >= 4 is 21.2 Å². The second-order valence-electron chi connectivity index (χ2n) is 5.57. The number of fused-ring (bicyclic) bond motifs is 1. The van der Waals surface area contributed by atoms with Gasteiger partial charge in [0, 0.05) is 18.1 Å². The number of aliphatic hydroxyl groups is 1. The standard InChI is InChI=1S/C17H19N3O3S/c1-13-10-15(24(22,23)9-8-21)5-6-16(13)18-11-14-12-20-7-3-2-4-17(20)19-14/h2-7,10,12,18,21H,8-9,11H2,1H3. The summed E-state index contributed by atoms with van der Waals surface area (Å²) in [6, 6.07) is 10.8. The molecule has 0 aliphatic rings. The summed E-state index contributed by atoms with van der Waals surface area (Å²) in [5.41, 5.74) is 3.47. The number of pyridine rings is 1. The second kappa shape index (κ2) is 6.62. The molecule has 0 atom stereocenters. The number of anilines is 1. The number of nitrogens with zero attached hydrogens (tertiary/aromatic N) is 2. The molecule has 0 fully saturated rings. The first kappa shape index (κ1) is 16.5. The zero-order chi connectivity index (χ0) is 17.2. The Hall–Kier alpha value is -2.38. The summed E-state index contributed by atoms with van der Waals surface area (Å²) in [6.07, 6.45) is 3.90. The fourth-order valence-electron chi connectivity index (χ4n) is 2.52. The average molecular weight is 345 g/mol. The van der Waals surface area contributed by atoms with Gasteiger partial charge in [0.1, 0.15) is 5.65 Å². The van der Waals surface area contributed by atoms with E-state index < -0.39 is 9.84 Å². The smallest absolute Gasteiger partial charge is 0.180 e. The number of aryl methyl sites for hydroxylation is 1. The Morgan fingerprint density at radius 1 is 1.25 bits per heavy atom. The summed E-state index contributed by atoms with van der Waals surface area (Å²) in [5, 5.41) is 12.1. The maximum absolute atomic E-state index is 12.0. The molecule has 0 saturated heterocycles. The number of hydrogen-bond acceptors (Lipinski definition) is 5. The van der Waals surface area contributed by atoms with Gasteiger partial charge in [-0.25, -0.2) is 13.4 Å². The Bertz CT molecular complexity index is 931. The predicted octanol–water partition coefficient (Wildman–Crippen LogP) is 2.02. The fraction of sp³-hybridized carbons (Fsp3) is 0.235. The number of aliphatic hydroxyl groups excluding tert-OH is 1. The van der Waals surface area contributed by atoms with Crippen LogP contribution in [0.1, 0.15) is 11.3 Å². The third-order valence-electron chi connectivity index (χ3n) is 3.79. The monoisotopic (exact) mass is 345 g/mol. The van der Waals surface area contributed by atoms with Gasteiger partial charge in [-0.1, -0.05) is 6.07 Å². The average Bonchev–Trinajstić information content (AvgIpc) is 2.96. The van der Waals surface area contributed by atoms with Crippen molar-refractivity contribution in [2.75, 3.05) is 17.7 Å². The van der Waals surface area contributed by atoms with Gasteiger partial charge >= 0.3 is 0 Å². The van der Waals surface area contributed by atoms with Crippen molar-refractivity contribution < 1.29 is 13.5 Å². The molecule has 0 radical (unpaired) electrons. The van der Waals surface area contributed by atoms with Crippen molar-refractivity contribution in [1.29, 1.82) is 0 Å². The van der Waals surface area contributed by atoms with Crippen LogP contribution in [-0.4, -0.2) is 35.3 Å². The maximum Gasteiger partial charge on any atom is 0.180 e. The van der Waals surface area contributed by atoms with Crippen LogP contribution in [0.15, 0.2) is 53.7 Å². The minimum Gasteiger partial charge on any atom is -0.395 e. The van der Waals surface area contributed by atoms with Crippen molar-refractivity contribution in [3.8, 4) is 0 Å². The van der Waals surface area contributed by atoms with E-state index in [0.29, 0.717) is 6.54 Å². The first-order chi connectivity index (χ1) is 11.5. The van der Waals surface area contributed by atoms with Crippen molar-refractivity contribution in [2.45, 2.75) is 18.4 Å². The Labute approximate surface area is 140 Å². The van der Waals surface area contributed by atoms with Crippen LogP contribution in [0.25, 0.3) is 5.65 Å². The van der Waals surface area contributed by atoms with Crippen LogP contribution in [0.3, 0.4) is 0 Å². The highest BCUT2D eigenvalue weighted by molar-refractivity contribution is 7.91. The zero-order valence-corrected chi connectivity index (χ0v) is 14.1. The molecule has 0 aliphatic heterocycles. The first-order valence-electron chi connectivity index (χ1n) is 7.60. The Kier molecular flexibility index (Phi) is 4.55. The first-order valence-corrected chi connectivity index (χ1v) is 9.25. The lowest BCUT2D eigenvalue weighted by molar-refractivity contribution is 0.319. The highest BCUT2D eigenvalue weighted by Gasteiger charge is 2.14. The Balaban J connectivity index is 1.76. The summed E-state index contributed by atoms with van der Waals surface area (Å²) in [6.45, 7) is 2.02. The number of imidazole rings is 1. The number of nitrogens with one attached hydrogen (secondary N) is 1. The molecule has 0 amide bonds. The third-order valence-corrected chi connectivity index (χ3v) is 5.48. The molecule has 24 heavy (non-hydrogen) atoms.